The van der Waals surface area contributed by atoms with Gasteiger partial charge in [0.1, 0.15) is 5.69 Å². The first-order valence-electron chi connectivity index (χ1n) is 8.40. The molecule has 1 aliphatic heterocycles. The Hall–Kier alpha value is -1.98. The molecule has 1 aliphatic carbocycles. The number of halogens is 2. The second-order valence-electron chi connectivity index (χ2n) is 7.43. The standard InChI is InChI=1S/C17H17F2N3O4S2/c1-27(23,24)15-21-13(12-5-6-17(18,19)14(12)22-15)10-3-2-4-11(7-10)16(20)8-28(25,26)9-16/h2-4,7H,5-6,8-9,20H2,1H3. The maximum atomic E-state index is 14.2. The van der Waals surface area contributed by atoms with Gasteiger partial charge in [-0.05, 0) is 18.1 Å². The summed E-state index contributed by atoms with van der Waals surface area (Å²) in [5.74, 6) is -3.66. The molecular formula is C17H17F2N3O4S2. The van der Waals surface area contributed by atoms with Crippen molar-refractivity contribution in [3.8, 4) is 11.3 Å². The van der Waals surface area contributed by atoms with E-state index in [1.807, 2.05) is 0 Å². The largest absolute Gasteiger partial charge is 0.320 e. The first-order valence-corrected chi connectivity index (χ1v) is 12.1. The molecule has 4 rings (SSSR count). The molecule has 2 N–H and O–H groups in total. The van der Waals surface area contributed by atoms with Gasteiger partial charge in [0.05, 0.1) is 22.7 Å². The Labute approximate surface area is 160 Å². The van der Waals surface area contributed by atoms with Crippen LogP contribution in [0.3, 0.4) is 0 Å². The van der Waals surface area contributed by atoms with Crippen molar-refractivity contribution in [2.45, 2.75) is 29.5 Å². The molecule has 1 fully saturated rings. The van der Waals surface area contributed by atoms with Gasteiger partial charge in [0, 0.05) is 23.8 Å². The minimum atomic E-state index is -3.91. The van der Waals surface area contributed by atoms with Crippen LogP contribution >= 0.6 is 0 Å². The highest BCUT2D eigenvalue weighted by Crippen LogP contribution is 2.44. The van der Waals surface area contributed by atoms with E-state index in [4.69, 9.17) is 5.73 Å². The van der Waals surface area contributed by atoms with E-state index in [0.29, 0.717) is 11.1 Å². The number of rotatable bonds is 3. The molecule has 2 heterocycles. The predicted molar refractivity (Wildman–Crippen MR) is 97.3 cm³/mol. The summed E-state index contributed by atoms with van der Waals surface area (Å²) in [7, 11) is -7.11. The summed E-state index contributed by atoms with van der Waals surface area (Å²) in [5, 5.41) is -0.665. The third-order valence-corrected chi connectivity index (χ3v) is 7.78. The maximum absolute atomic E-state index is 14.2. The van der Waals surface area contributed by atoms with E-state index >= 15 is 0 Å². The van der Waals surface area contributed by atoms with Crippen molar-refractivity contribution in [1.82, 2.24) is 9.97 Å². The van der Waals surface area contributed by atoms with Gasteiger partial charge in [0.25, 0.3) is 5.92 Å². The topological polar surface area (TPSA) is 120 Å². The second-order valence-corrected chi connectivity index (χ2v) is 11.4. The van der Waals surface area contributed by atoms with E-state index in [0.717, 1.165) is 6.26 Å². The molecule has 150 valence electrons. The SMILES string of the molecule is CS(=O)(=O)c1nc(-c2cccc(C3(N)CS(=O)(=O)C3)c2)c2c(n1)C(F)(F)CC2. The molecule has 0 spiro atoms. The molecule has 1 aromatic carbocycles. The fourth-order valence-corrected chi connectivity index (χ4v) is 6.03. The van der Waals surface area contributed by atoms with Crippen molar-refractivity contribution in [1.29, 1.82) is 0 Å². The third-order valence-electron chi connectivity index (χ3n) is 5.02. The number of fused-ring (bicyclic) bond motifs is 1. The van der Waals surface area contributed by atoms with Crippen molar-refractivity contribution in [2.24, 2.45) is 5.73 Å². The van der Waals surface area contributed by atoms with Crippen LogP contribution in [0, 0.1) is 0 Å². The number of alkyl halides is 2. The predicted octanol–water partition coefficient (Wildman–Crippen LogP) is 1.17. The summed E-state index contributed by atoms with van der Waals surface area (Å²) in [6.45, 7) is 0. The van der Waals surface area contributed by atoms with E-state index in [1.165, 1.54) is 0 Å². The molecule has 0 radical (unpaired) electrons. The summed E-state index contributed by atoms with van der Waals surface area (Å²) < 4.78 is 75.5. The van der Waals surface area contributed by atoms with Crippen molar-refractivity contribution < 1.29 is 25.6 Å². The highest BCUT2D eigenvalue weighted by molar-refractivity contribution is 7.93. The smallest absolute Gasteiger partial charge is 0.290 e. The number of nitrogens with zero attached hydrogens (tertiary/aromatic N) is 2. The van der Waals surface area contributed by atoms with E-state index in [-0.39, 0.29) is 29.2 Å². The van der Waals surface area contributed by atoms with Gasteiger partial charge in [-0.25, -0.2) is 26.8 Å². The van der Waals surface area contributed by atoms with Gasteiger partial charge in [-0.3, -0.25) is 0 Å². The molecule has 0 saturated carbocycles. The quantitative estimate of drug-likeness (QED) is 0.727. The molecule has 0 unspecified atom stereocenters. The molecule has 1 saturated heterocycles. The van der Waals surface area contributed by atoms with Crippen LogP contribution in [0.5, 0.6) is 0 Å². The molecule has 1 aromatic heterocycles. The molecule has 7 nitrogen and oxygen atoms in total. The maximum Gasteiger partial charge on any atom is 0.290 e. The molecule has 0 bridgehead atoms. The first kappa shape index (κ1) is 19.3. The lowest BCUT2D eigenvalue weighted by Crippen LogP contribution is -2.58. The molecule has 2 aromatic rings. The Balaban J connectivity index is 1.89. The van der Waals surface area contributed by atoms with E-state index < -0.39 is 48.4 Å². The second kappa shape index (κ2) is 5.77. The zero-order valence-electron chi connectivity index (χ0n) is 14.8. The monoisotopic (exact) mass is 429 g/mol. The van der Waals surface area contributed by atoms with E-state index in [2.05, 4.69) is 9.97 Å². The molecule has 11 heteroatoms. The Bertz CT molecular complexity index is 1200. The Morgan fingerprint density at radius 2 is 1.86 bits per heavy atom. The fourth-order valence-electron chi connectivity index (χ4n) is 3.69. The van der Waals surface area contributed by atoms with Gasteiger partial charge >= 0.3 is 0 Å². The molecular weight excluding hydrogens is 412 g/mol. The highest BCUT2D eigenvalue weighted by atomic mass is 32.2. The summed E-state index contributed by atoms with van der Waals surface area (Å²) in [6, 6.07) is 6.46. The van der Waals surface area contributed by atoms with Gasteiger partial charge in [0.15, 0.2) is 9.84 Å². The Kier molecular flexibility index (Phi) is 3.99. The molecule has 0 amide bonds. The van der Waals surface area contributed by atoms with Gasteiger partial charge in [-0.1, -0.05) is 18.2 Å². The van der Waals surface area contributed by atoms with Crippen molar-refractivity contribution in [3.63, 3.8) is 0 Å². The average molecular weight is 429 g/mol. The minimum Gasteiger partial charge on any atom is -0.320 e. The zero-order chi connectivity index (χ0) is 20.5. The molecule has 2 aliphatic rings. The van der Waals surface area contributed by atoms with Crippen LogP contribution in [-0.4, -0.2) is 44.6 Å². The summed E-state index contributed by atoms with van der Waals surface area (Å²) >= 11 is 0. The zero-order valence-corrected chi connectivity index (χ0v) is 16.4. The first-order chi connectivity index (χ1) is 12.8. The normalized spacial score (nSPS) is 21.7. The number of hydrogen-bond acceptors (Lipinski definition) is 7. The van der Waals surface area contributed by atoms with Gasteiger partial charge in [-0.15, -0.1) is 0 Å². The number of aromatic nitrogens is 2. The Morgan fingerprint density at radius 1 is 1.18 bits per heavy atom. The summed E-state index contributed by atoms with van der Waals surface area (Å²) in [6.07, 6.45) is 0.389. The highest BCUT2D eigenvalue weighted by Gasteiger charge is 2.47. The van der Waals surface area contributed by atoms with Gasteiger partial charge in [-0.2, -0.15) is 8.78 Å². The van der Waals surface area contributed by atoms with Crippen molar-refractivity contribution in [2.75, 3.05) is 17.8 Å². The minimum absolute atomic E-state index is 0.00802. The van der Waals surface area contributed by atoms with Crippen molar-refractivity contribution in [3.05, 3.63) is 41.1 Å². The number of benzene rings is 1. The van der Waals surface area contributed by atoms with Crippen LogP contribution in [0.2, 0.25) is 0 Å². The van der Waals surface area contributed by atoms with Crippen LogP contribution in [0.25, 0.3) is 11.3 Å². The van der Waals surface area contributed by atoms with Crippen LogP contribution in [-0.2, 0) is 37.6 Å². The average Bonchev–Trinajstić information content (AvgIpc) is 2.87. The number of nitrogens with two attached hydrogens (primary N) is 1. The van der Waals surface area contributed by atoms with Gasteiger partial charge < -0.3 is 5.73 Å². The number of sulfone groups is 2. The lowest BCUT2D eigenvalue weighted by molar-refractivity contribution is -0.00652. The third kappa shape index (κ3) is 3.11. The van der Waals surface area contributed by atoms with E-state index in [1.54, 1.807) is 24.3 Å². The summed E-state index contributed by atoms with van der Waals surface area (Å²) in [5.41, 5.74) is 5.77. The van der Waals surface area contributed by atoms with E-state index in [9.17, 15) is 25.6 Å². The van der Waals surface area contributed by atoms with Crippen LogP contribution in [0.4, 0.5) is 8.78 Å². The van der Waals surface area contributed by atoms with Crippen LogP contribution in [0.15, 0.2) is 29.4 Å². The lowest BCUT2D eigenvalue weighted by atomic mass is 9.91. The Morgan fingerprint density at radius 3 is 2.46 bits per heavy atom. The van der Waals surface area contributed by atoms with Crippen molar-refractivity contribution >= 4 is 19.7 Å². The lowest BCUT2D eigenvalue weighted by Gasteiger charge is -2.38. The van der Waals surface area contributed by atoms with Crippen LogP contribution in [0.1, 0.15) is 23.2 Å². The molecule has 28 heavy (non-hydrogen) atoms. The molecule has 0 atom stereocenters. The van der Waals surface area contributed by atoms with Gasteiger partial charge in [0.2, 0.25) is 15.0 Å². The fraction of sp³-hybridized carbons (Fsp3) is 0.412. The van der Waals surface area contributed by atoms with Crippen LogP contribution < -0.4 is 5.73 Å². The number of hydrogen-bond donors (Lipinski definition) is 1. The summed E-state index contributed by atoms with van der Waals surface area (Å²) in [4.78, 5) is 7.68.